The van der Waals surface area contributed by atoms with E-state index in [1.54, 1.807) is 49.2 Å². The summed E-state index contributed by atoms with van der Waals surface area (Å²) in [5.41, 5.74) is 1.27. The number of primary sulfonamides is 1. The average Bonchev–Trinajstić information content (AvgIpc) is 2.56. The van der Waals surface area contributed by atoms with Gasteiger partial charge in [-0.05, 0) is 37.7 Å². The van der Waals surface area contributed by atoms with Crippen molar-refractivity contribution < 1.29 is 17.6 Å². The van der Waals surface area contributed by atoms with Crippen LogP contribution in [0.5, 0.6) is 0 Å². The molecule has 0 spiro atoms. The molecule has 2 aromatic rings. The maximum absolute atomic E-state index is 13.7. The molecule has 0 aliphatic carbocycles. The van der Waals surface area contributed by atoms with Gasteiger partial charge in [-0.2, -0.15) is 0 Å². The van der Waals surface area contributed by atoms with Gasteiger partial charge in [-0.15, -0.1) is 0 Å². The molecule has 0 radical (unpaired) electrons. The molecular weight excluding hydrogens is 357 g/mol. The fraction of sp³-hybridized carbons (Fsp3) is 0.278. The molecule has 0 aliphatic heterocycles. The molecule has 1 amide bonds. The molecular formula is C18H22FN3O3S. The highest BCUT2D eigenvalue weighted by atomic mass is 32.2. The quantitative estimate of drug-likeness (QED) is 0.767. The number of likely N-dealkylation sites (N-methyl/N-ethyl adjacent to an activating group) is 1. The summed E-state index contributed by atoms with van der Waals surface area (Å²) in [4.78, 5) is 13.9. The summed E-state index contributed by atoms with van der Waals surface area (Å²) in [7, 11) is -2.01. The van der Waals surface area contributed by atoms with Gasteiger partial charge in [0.2, 0.25) is 15.9 Å². The number of nitrogens with zero attached hydrogens (tertiary/aromatic N) is 1. The number of benzene rings is 2. The van der Waals surface area contributed by atoms with Gasteiger partial charge in [-0.25, -0.2) is 17.9 Å². The Morgan fingerprint density at radius 2 is 1.81 bits per heavy atom. The van der Waals surface area contributed by atoms with Gasteiger partial charge in [0.15, 0.2) is 0 Å². The molecule has 0 saturated heterocycles. The number of sulfonamides is 1. The first-order valence-corrected chi connectivity index (χ1v) is 9.55. The predicted molar refractivity (Wildman–Crippen MR) is 97.1 cm³/mol. The lowest BCUT2D eigenvalue weighted by molar-refractivity contribution is -0.122. The third-order valence-corrected chi connectivity index (χ3v) is 4.83. The van der Waals surface area contributed by atoms with Crippen molar-refractivity contribution in [3.05, 3.63) is 65.5 Å². The number of nitrogens with two attached hydrogens (primary N) is 1. The van der Waals surface area contributed by atoms with Crippen LogP contribution in [0.1, 0.15) is 24.1 Å². The minimum absolute atomic E-state index is 0.0180. The molecule has 8 heteroatoms. The fourth-order valence-electron chi connectivity index (χ4n) is 2.54. The standard InChI is InChI=1S/C18H22FN3O3S/c1-13(14-7-9-16(10-8-14)26(20,24)25)21-18(23)12-22(2)11-15-5-3-4-6-17(15)19/h3-10,13H,11-12H2,1-2H3,(H,21,23)(H2,20,24,25)/t13-/m1/s1. The average molecular weight is 379 g/mol. The molecule has 0 heterocycles. The zero-order chi connectivity index (χ0) is 19.3. The van der Waals surface area contributed by atoms with Crippen molar-refractivity contribution in [3.63, 3.8) is 0 Å². The lowest BCUT2D eigenvalue weighted by Gasteiger charge is -2.19. The zero-order valence-corrected chi connectivity index (χ0v) is 15.5. The minimum atomic E-state index is -3.74. The van der Waals surface area contributed by atoms with Crippen LogP contribution >= 0.6 is 0 Å². The van der Waals surface area contributed by atoms with Crippen LogP contribution in [-0.2, 0) is 21.4 Å². The van der Waals surface area contributed by atoms with Gasteiger partial charge in [0, 0.05) is 12.1 Å². The number of carbonyl (C=O) groups excluding carboxylic acids is 1. The summed E-state index contributed by atoms with van der Waals surface area (Å²) in [5.74, 6) is -0.519. The van der Waals surface area contributed by atoms with Crippen molar-refractivity contribution >= 4 is 15.9 Å². The lowest BCUT2D eigenvalue weighted by Crippen LogP contribution is -2.36. The largest absolute Gasteiger partial charge is 0.348 e. The molecule has 0 unspecified atom stereocenters. The van der Waals surface area contributed by atoms with Crippen molar-refractivity contribution in [2.24, 2.45) is 5.14 Å². The van der Waals surface area contributed by atoms with E-state index >= 15 is 0 Å². The van der Waals surface area contributed by atoms with Crippen LogP contribution in [0.4, 0.5) is 4.39 Å². The first-order valence-electron chi connectivity index (χ1n) is 8.01. The van der Waals surface area contributed by atoms with Crippen LogP contribution in [0.3, 0.4) is 0 Å². The number of hydrogen-bond donors (Lipinski definition) is 2. The van der Waals surface area contributed by atoms with Crippen LogP contribution in [0, 0.1) is 5.82 Å². The first kappa shape index (κ1) is 20.0. The molecule has 0 fully saturated rings. The second-order valence-electron chi connectivity index (χ2n) is 6.17. The molecule has 2 rings (SSSR count). The Balaban J connectivity index is 1.91. The Labute approximate surface area is 152 Å². The van der Waals surface area contributed by atoms with E-state index in [1.807, 2.05) is 0 Å². The van der Waals surface area contributed by atoms with E-state index in [4.69, 9.17) is 5.14 Å². The molecule has 26 heavy (non-hydrogen) atoms. The van der Waals surface area contributed by atoms with Gasteiger partial charge < -0.3 is 5.32 Å². The van der Waals surface area contributed by atoms with Crippen molar-refractivity contribution in [1.82, 2.24) is 10.2 Å². The Morgan fingerprint density at radius 1 is 1.19 bits per heavy atom. The van der Waals surface area contributed by atoms with E-state index in [9.17, 15) is 17.6 Å². The van der Waals surface area contributed by atoms with Gasteiger partial charge in [-0.3, -0.25) is 9.69 Å². The summed E-state index contributed by atoms with van der Waals surface area (Å²) in [5, 5.41) is 7.89. The van der Waals surface area contributed by atoms with Crippen LogP contribution in [0.15, 0.2) is 53.4 Å². The maximum Gasteiger partial charge on any atom is 0.238 e. The molecule has 0 bridgehead atoms. The summed E-state index contributed by atoms with van der Waals surface area (Å²) < 4.78 is 36.2. The molecule has 0 aromatic heterocycles. The Kier molecular flexibility index (Phi) is 6.47. The maximum atomic E-state index is 13.7. The van der Waals surface area contributed by atoms with E-state index in [2.05, 4.69) is 5.32 Å². The predicted octanol–water partition coefficient (Wildman–Crippen LogP) is 1.78. The molecule has 6 nitrogen and oxygen atoms in total. The number of hydrogen-bond acceptors (Lipinski definition) is 4. The van der Waals surface area contributed by atoms with Crippen LogP contribution in [0.25, 0.3) is 0 Å². The SMILES string of the molecule is C[C@@H](NC(=O)CN(C)Cc1ccccc1F)c1ccc(S(N)(=O)=O)cc1. The van der Waals surface area contributed by atoms with Crippen molar-refractivity contribution in [1.29, 1.82) is 0 Å². The molecule has 0 saturated carbocycles. The third-order valence-electron chi connectivity index (χ3n) is 3.90. The van der Waals surface area contributed by atoms with Crippen LogP contribution in [-0.4, -0.2) is 32.8 Å². The third kappa shape index (κ3) is 5.62. The van der Waals surface area contributed by atoms with E-state index in [1.165, 1.54) is 18.2 Å². The molecule has 1 atom stereocenters. The minimum Gasteiger partial charge on any atom is -0.348 e. The van der Waals surface area contributed by atoms with Gasteiger partial charge in [0.05, 0.1) is 17.5 Å². The fourth-order valence-corrected chi connectivity index (χ4v) is 3.05. The number of rotatable bonds is 7. The van der Waals surface area contributed by atoms with Gasteiger partial charge in [0.25, 0.3) is 0 Å². The number of halogens is 1. The van der Waals surface area contributed by atoms with Gasteiger partial charge in [0.1, 0.15) is 5.82 Å². The highest BCUT2D eigenvalue weighted by molar-refractivity contribution is 7.89. The van der Waals surface area contributed by atoms with Gasteiger partial charge in [-0.1, -0.05) is 30.3 Å². The zero-order valence-electron chi connectivity index (χ0n) is 14.6. The van der Waals surface area contributed by atoms with E-state index < -0.39 is 10.0 Å². The highest BCUT2D eigenvalue weighted by Gasteiger charge is 2.14. The molecule has 3 N–H and O–H groups in total. The van der Waals surface area contributed by atoms with E-state index in [0.717, 1.165) is 5.56 Å². The van der Waals surface area contributed by atoms with Crippen LogP contribution < -0.4 is 10.5 Å². The monoisotopic (exact) mass is 379 g/mol. The summed E-state index contributed by atoms with van der Waals surface area (Å²) >= 11 is 0. The second-order valence-corrected chi connectivity index (χ2v) is 7.73. The van der Waals surface area contributed by atoms with E-state index in [-0.39, 0.29) is 29.2 Å². The van der Waals surface area contributed by atoms with Crippen molar-refractivity contribution in [3.8, 4) is 0 Å². The summed E-state index contributed by atoms with van der Waals surface area (Å²) in [6, 6.07) is 12.1. The smallest absolute Gasteiger partial charge is 0.238 e. The summed E-state index contributed by atoms with van der Waals surface area (Å²) in [6.45, 7) is 2.21. The topological polar surface area (TPSA) is 92.5 Å². The number of carbonyl (C=O) groups is 1. The Morgan fingerprint density at radius 3 is 2.38 bits per heavy atom. The van der Waals surface area contributed by atoms with Crippen molar-refractivity contribution in [2.45, 2.75) is 24.4 Å². The molecule has 140 valence electrons. The van der Waals surface area contributed by atoms with Crippen LogP contribution in [0.2, 0.25) is 0 Å². The van der Waals surface area contributed by atoms with E-state index in [0.29, 0.717) is 12.1 Å². The lowest BCUT2D eigenvalue weighted by atomic mass is 10.1. The normalized spacial score (nSPS) is 12.8. The Bertz CT molecular complexity index is 870. The van der Waals surface area contributed by atoms with Crippen molar-refractivity contribution in [2.75, 3.05) is 13.6 Å². The molecule has 0 aliphatic rings. The molecule has 2 aromatic carbocycles. The second kappa shape index (κ2) is 8.39. The first-order chi connectivity index (χ1) is 12.2. The van der Waals surface area contributed by atoms with Gasteiger partial charge >= 0.3 is 0 Å². The highest BCUT2D eigenvalue weighted by Crippen LogP contribution is 2.15. The summed E-state index contributed by atoms with van der Waals surface area (Å²) in [6.07, 6.45) is 0. The number of amides is 1. The Hall–Kier alpha value is -2.29. The number of nitrogens with one attached hydrogen (secondary N) is 1.